The SMILES string of the molecule is N#CCCN(CCC#N)c1ccc(/C=C(/NC(=O)c2cc([N+](=O)[O-])ccc2Cl)C(=O)Nc2ccccc2)cc1. The number of hydrogen-bond donors (Lipinski definition) is 2. The number of rotatable bonds is 11. The zero-order valence-electron chi connectivity index (χ0n) is 20.6. The van der Waals surface area contributed by atoms with Crippen LogP contribution in [0.2, 0.25) is 5.02 Å². The minimum absolute atomic E-state index is 0.0138. The second kappa shape index (κ2) is 13.9. The Morgan fingerprint density at radius 2 is 1.62 bits per heavy atom. The van der Waals surface area contributed by atoms with Gasteiger partial charge in [0.05, 0.1) is 40.5 Å². The largest absolute Gasteiger partial charge is 0.369 e. The van der Waals surface area contributed by atoms with E-state index in [1.54, 1.807) is 54.6 Å². The number of nitro groups is 1. The standard InChI is InChI=1S/C28H23ClN6O4/c29-25-13-12-23(35(38)39)19-24(25)27(36)33-26(28(37)32-21-6-2-1-3-7-21)18-20-8-10-22(11-9-20)34(16-4-14-30)17-5-15-31/h1-3,6-13,18-19H,4-5,16-17H2,(H,32,37)(H,33,36)/b26-18+. The fourth-order valence-electron chi connectivity index (χ4n) is 3.56. The molecule has 11 heteroatoms. The van der Waals surface area contributed by atoms with E-state index in [4.69, 9.17) is 22.1 Å². The van der Waals surface area contributed by atoms with Crippen LogP contribution in [-0.2, 0) is 4.79 Å². The van der Waals surface area contributed by atoms with Crippen molar-refractivity contribution in [2.75, 3.05) is 23.3 Å². The summed E-state index contributed by atoms with van der Waals surface area (Å²) in [6.07, 6.45) is 2.05. The first kappa shape index (κ1) is 28.4. The van der Waals surface area contributed by atoms with Crippen molar-refractivity contribution < 1.29 is 14.5 Å². The summed E-state index contributed by atoms with van der Waals surface area (Å²) in [4.78, 5) is 38.6. The van der Waals surface area contributed by atoms with Crippen molar-refractivity contribution in [2.45, 2.75) is 12.8 Å². The summed E-state index contributed by atoms with van der Waals surface area (Å²) < 4.78 is 0. The third-order valence-corrected chi connectivity index (χ3v) is 5.82. The average Bonchev–Trinajstić information content (AvgIpc) is 2.94. The first-order chi connectivity index (χ1) is 18.8. The summed E-state index contributed by atoms with van der Waals surface area (Å²) in [6, 6.07) is 23.3. The normalized spacial score (nSPS) is 10.6. The maximum Gasteiger partial charge on any atom is 0.272 e. The van der Waals surface area contributed by atoms with E-state index in [2.05, 4.69) is 22.8 Å². The molecule has 0 spiro atoms. The highest BCUT2D eigenvalue weighted by Crippen LogP contribution is 2.23. The molecule has 10 nitrogen and oxygen atoms in total. The molecular weight excluding hydrogens is 520 g/mol. The molecule has 0 heterocycles. The van der Waals surface area contributed by atoms with E-state index in [1.807, 2.05) is 4.90 Å². The molecule has 0 aliphatic heterocycles. The van der Waals surface area contributed by atoms with E-state index in [0.717, 1.165) is 11.8 Å². The van der Waals surface area contributed by atoms with Gasteiger partial charge in [-0.15, -0.1) is 0 Å². The molecule has 196 valence electrons. The number of carbonyl (C=O) groups is 2. The van der Waals surface area contributed by atoms with Crippen molar-refractivity contribution in [1.29, 1.82) is 10.5 Å². The van der Waals surface area contributed by atoms with Gasteiger partial charge in [-0.2, -0.15) is 10.5 Å². The number of carbonyl (C=O) groups excluding carboxylic acids is 2. The number of nitriles is 2. The van der Waals surface area contributed by atoms with Gasteiger partial charge in [0.2, 0.25) is 0 Å². The Hall–Kier alpha value is -5.19. The second-order valence-corrected chi connectivity index (χ2v) is 8.56. The van der Waals surface area contributed by atoms with Crippen LogP contribution in [-0.4, -0.2) is 29.8 Å². The van der Waals surface area contributed by atoms with Crippen LogP contribution in [0.25, 0.3) is 6.08 Å². The molecule has 0 atom stereocenters. The molecule has 2 amide bonds. The lowest BCUT2D eigenvalue weighted by Crippen LogP contribution is -2.31. The Kier molecular flexibility index (Phi) is 10.1. The molecule has 3 aromatic rings. The number of halogens is 1. The van der Waals surface area contributed by atoms with Crippen molar-refractivity contribution in [1.82, 2.24) is 5.32 Å². The quantitative estimate of drug-likeness (QED) is 0.189. The number of nitro benzene ring substituents is 1. The third kappa shape index (κ3) is 8.15. The van der Waals surface area contributed by atoms with Gasteiger partial charge < -0.3 is 15.5 Å². The summed E-state index contributed by atoms with van der Waals surface area (Å²) in [6.45, 7) is 0.913. The summed E-state index contributed by atoms with van der Waals surface area (Å²) in [5, 5.41) is 34.3. The molecule has 0 fully saturated rings. The molecule has 0 aliphatic carbocycles. The Labute approximate surface area is 229 Å². The van der Waals surface area contributed by atoms with E-state index in [-0.39, 0.29) is 22.0 Å². The number of nitrogens with one attached hydrogen (secondary N) is 2. The fraction of sp³-hybridized carbons (Fsp3) is 0.143. The van der Waals surface area contributed by atoms with Crippen molar-refractivity contribution in [3.63, 3.8) is 0 Å². The van der Waals surface area contributed by atoms with Gasteiger partial charge in [0.15, 0.2) is 0 Å². The van der Waals surface area contributed by atoms with Crippen LogP contribution in [0.3, 0.4) is 0 Å². The molecule has 3 rings (SSSR count). The third-order valence-electron chi connectivity index (χ3n) is 5.49. The van der Waals surface area contributed by atoms with Crippen LogP contribution in [0, 0.1) is 32.8 Å². The zero-order chi connectivity index (χ0) is 28.2. The lowest BCUT2D eigenvalue weighted by atomic mass is 10.1. The zero-order valence-corrected chi connectivity index (χ0v) is 21.4. The number of anilines is 2. The highest BCUT2D eigenvalue weighted by atomic mass is 35.5. The number of para-hydroxylation sites is 1. The van der Waals surface area contributed by atoms with Crippen LogP contribution in [0.1, 0.15) is 28.8 Å². The topological polar surface area (TPSA) is 152 Å². The molecule has 3 aromatic carbocycles. The number of hydrogen-bond acceptors (Lipinski definition) is 7. The highest BCUT2D eigenvalue weighted by Gasteiger charge is 2.20. The molecule has 0 unspecified atom stereocenters. The number of nitrogens with zero attached hydrogens (tertiary/aromatic N) is 4. The van der Waals surface area contributed by atoms with Gasteiger partial charge in [-0.05, 0) is 42.0 Å². The van der Waals surface area contributed by atoms with Gasteiger partial charge >= 0.3 is 0 Å². The van der Waals surface area contributed by atoms with E-state index in [9.17, 15) is 19.7 Å². The van der Waals surface area contributed by atoms with E-state index in [0.29, 0.717) is 37.2 Å². The lowest BCUT2D eigenvalue weighted by Gasteiger charge is -2.22. The van der Waals surface area contributed by atoms with Gasteiger partial charge in [-0.3, -0.25) is 19.7 Å². The van der Waals surface area contributed by atoms with Crippen LogP contribution in [0.5, 0.6) is 0 Å². The summed E-state index contributed by atoms with van der Waals surface area (Å²) in [5.74, 6) is -1.42. The molecule has 0 bridgehead atoms. The maximum absolute atomic E-state index is 13.2. The van der Waals surface area contributed by atoms with Crippen LogP contribution >= 0.6 is 11.6 Å². The maximum atomic E-state index is 13.2. The summed E-state index contributed by atoms with van der Waals surface area (Å²) in [7, 11) is 0. The number of amides is 2. The lowest BCUT2D eigenvalue weighted by molar-refractivity contribution is -0.384. The number of non-ortho nitro benzene ring substituents is 1. The highest BCUT2D eigenvalue weighted by molar-refractivity contribution is 6.34. The minimum Gasteiger partial charge on any atom is -0.369 e. The van der Waals surface area contributed by atoms with Crippen molar-refractivity contribution in [2.24, 2.45) is 0 Å². The Bertz CT molecular complexity index is 1440. The Morgan fingerprint density at radius 3 is 2.21 bits per heavy atom. The predicted octanol–water partition coefficient (Wildman–Crippen LogP) is 5.29. The monoisotopic (exact) mass is 542 g/mol. The van der Waals surface area contributed by atoms with Gasteiger partial charge in [0.25, 0.3) is 17.5 Å². The van der Waals surface area contributed by atoms with Crippen molar-refractivity contribution in [3.05, 3.63) is 105 Å². The Morgan fingerprint density at radius 1 is 0.974 bits per heavy atom. The van der Waals surface area contributed by atoms with E-state index in [1.165, 1.54) is 18.2 Å². The van der Waals surface area contributed by atoms with Gasteiger partial charge in [0.1, 0.15) is 5.70 Å². The average molecular weight is 543 g/mol. The smallest absolute Gasteiger partial charge is 0.272 e. The molecule has 39 heavy (non-hydrogen) atoms. The van der Waals surface area contributed by atoms with Crippen molar-refractivity contribution in [3.8, 4) is 12.1 Å². The summed E-state index contributed by atoms with van der Waals surface area (Å²) in [5.41, 5.74) is 1.26. The van der Waals surface area contributed by atoms with Crippen LogP contribution in [0.15, 0.2) is 78.5 Å². The van der Waals surface area contributed by atoms with Gasteiger partial charge in [-0.25, -0.2) is 0 Å². The first-order valence-corrected chi connectivity index (χ1v) is 12.1. The predicted molar refractivity (Wildman–Crippen MR) is 148 cm³/mol. The molecule has 0 saturated heterocycles. The molecule has 0 aliphatic rings. The second-order valence-electron chi connectivity index (χ2n) is 8.15. The van der Waals surface area contributed by atoms with E-state index >= 15 is 0 Å². The van der Waals surface area contributed by atoms with Gasteiger partial charge in [-0.1, -0.05) is 41.9 Å². The van der Waals surface area contributed by atoms with Crippen LogP contribution in [0.4, 0.5) is 17.1 Å². The minimum atomic E-state index is -0.797. The molecule has 0 aromatic heterocycles. The van der Waals surface area contributed by atoms with Crippen LogP contribution < -0.4 is 15.5 Å². The molecular formula is C28H23ClN6O4. The van der Waals surface area contributed by atoms with E-state index < -0.39 is 16.7 Å². The molecule has 0 saturated carbocycles. The summed E-state index contributed by atoms with van der Waals surface area (Å²) >= 11 is 6.12. The molecule has 0 radical (unpaired) electrons. The fourth-order valence-corrected chi connectivity index (χ4v) is 3.76. The number of benzene rings is 3. The Balaban J connectivity index is 1.92. The molecule has 2 N–H and O–H groups in total. The van der Waals surface area contributed by atoms with Crippen molar-refractivity contribution >= 4 is 46.6 Å². The van der Waals surface area contributed by atoms with Gasteiger partial charge in [0, 0.05) is 36.6 Å². The first-order valence-electron chi connectivity index (χ1n) is 11.7.